The summed E-state index contributed by atoms with van der Waals surface area (Å²) in [7, 11) is 6.32. The van der Waals surface area contributed by atoms with E-state index in [9.17, 15) is 0 Å². The Kier molecular flexibility index (Phi) is 5.53. The highest BCUT2D eigenvalue weighted by molar-refractivity contribution is 5.81. The largest absolute Gasteiger partial charge is 0.358 e. The molecule has 1 N–H and O–H groups in total. The second-order valence-electron chi connectivity index (χ2n) is 5.67. The van der Waals surface area contributed by atoms with Crippen molar-refractivity contribution in [2.75, 3.05) is 45.7 Å². The number of nitrogens with zero attached hydrogens (tertiary/aromatic N) is 3. The summed E-state index contributed by atoms with van der Waals surface area (Å²) >= 11 is 0. The Morgan fingerprint density at radius 2 is 1.86 bits per heavy atom. The van der Waals surface area contributed by atoms with Crippen LogP contribution in [0.5, 0.6) is 0 Å². The third-order valence-electron chi connectivity index (χ3n) is 3.59. The van der Waals surface area contributed by atoms with Crippen LogP contribution < -0.4 is 10.2 Å². The van der Waals surface area contributed by atoms with Gasteiger partial charge in [-0.2, -0.15) is 0 Å². The smallest absolute Gasteiger partial charge is 0.133 e. The number of para-hydroxylation sites is 1. The number of benzene rings is 1. The molecule has 0 bridgehead atoms. The molecular weight excluding hydrogens is 260 g/mol. The van der Waals surface area contributed by atoms with Crippen molar-refractivity contribution in [1.29, 1.82) is 0 Å². The number of fused-ring (bicyclic) bond motifs is 1. The van der Waals surface area contributed by atoms with Crippen molar-refractivity contribution in [2.45, 2.75) is 13.5 Å². The maximum absolute atomic E-state index is 4.87. The molecule has 0 aliphatic rings. The number of hydrogen-bond acceptors (Lipinski definition) is 4. The normalized spacial score (nSPS) is 11.3. The Balaban J connectivity index is 2.33. The molecule has 1 aromatic carbocycles. The summed E-state index contributed by atoms with van der Waals surface area (Å²) in [6, 6.07) is 10.6. The molecule has 0 atom stereocenters. The molecule has 0 aliphatic carbocycles. The van der Waals surface area contributed by atoms with Crippen LogP contribution in [-0.2, 0) is 6.54 Å². The Labute approximate surface area is 127 Å². The van der Waals surface area contributed by atoms with Gasteiger partial charge in [0.15, 0.2) is 0 Å². The average molecular weight is 286 g/mol. The van der Waals surface area contributed by atoms with Gasteiger partial charge in [0.05, 0.1) is 5.52 Å². The van der Waals surface area contributed by atoms with E-state index >= 15 is 0 Å². The summed E-state index contributed by atoms with van der Waals surface area (Å²) in [5.41, 5.74) is 2.32. The van der Waals surface area contributed by atoms with Crippen LogP contribution in [0.1, 0.15) is 12.5 Å². The van der Waals surface area contributed by atoms with Gasteiger partial charge >= 0.3 is 0 Å². The van der Waals surface area contributed by atoms with E-state index in [1.165, 1.54) is 10.9 Å². The minimum absolute atomic E-state index is 0.857. The Bertz CT molecular complexity index is 580. The van der Waals surface area contributed by atoms with Gasteiger partial charge in [0.1, 0.15) is 5.82 Å². The number of nitrogens with one attached hydrogen (secondary N) is 1. The van der Waals surface area contributed by atoms with Crippen molar-refractivity contribution < 1.29 is 0 Å². The fourth-order valence-electron chi connectivity index (χ4n) is 2.33. The van der Waals surface area contributed by atoms with E-state index in [-0.39, 0.29) is 0 Å². The van der Waals surface area contributed by atoms with Crippen LogP contribution in [0.25, 0.3) is 10.9 Å². The van der Waals surface area contributed by atoms with Crippen molar-refractivity contribution in [3.63, 3.8) is 0 Å². The monoisotopic (exact) mass is 286 g/mol. The summed E-state index contributed by atoms with van der Waals surface area (Å²) < 4.78 is 0. The maximum Gasteiger partial charge on any atom is 0.133 e. The molecule has 21 heavy (non-hydrogen) atoms. The topological polar surface area (TPSA) is 31.4 Å². The van der Waals surface area contributed by atoms with Crippen LogP contribution in [-0.4, -0.2) is 50.7 Å². The molecule has 0 fully saturated rings. The van der Waals surface area contributed by atoms with E-state index in [0.717, 1.165) is 37.5 Å². The molecule has 0 saturated heterocycles. The zero-order valence-corrected chi connectivity index (χ0v) is 13.6. The van der Waals surface area contributed by atoms with Gasteiger partial charge in [-0.1, -0.05) is 25.1 Å². The molecule has 1 heterocycles. The van der Waals surface area contributed by atoms with Crippen molar-refractivity contribution in [2.24, 2.45) is 0 Å². The number of likely N-dealkylation sites (N-methyl/N-ethyl adjacent to an activating group) is 2. The van der Waals surface area contributed by atoms with Gasteiger partial charge < -0.3 is 15.1 Å². The first-order chi connectivity index (χ1) is 10.1. The Morgan fingerprint density at radius 3 is 2.57 bits per heavy atom. The summed E-state index contributed by atoms with van der Waals surface area (Å²) in [4.78, 5) is 9.32. The van der Waals surface area contributed by atoms with E-state index in [2.05, 4.69) is 67.4 Å². The third kappa shape index (κ3) is 4.16. The molecule has 0 radical (unpaired) electrons. The van der Waals surface area contributed by atoms with Crippen molar-refractivity contribution in [3.05, 3.63) is 35.9 Å². The molecule has 1 aromatic heterocycles. The van der Waals surface area contributed by atoms with Gasteiger partial charge in [0, 0.05) is 37.6 Å². The Morgan fingerprint density at radius 1 is 1.10 bits per heavy atom. The molecular formula is C17H26N4. The molecule has 4 heteroatoms. The van der Waals surface area contributed by atoms with E-state index < -0.39 is 0 Å². The summed E-state index contributed by atoms with van der Waals surface area (Å²) in [6.45, 7) is 5.94. The van der Waals surface area contributed by atoms with E-state index in [1.807, 2.05) is 6.07 Å². The van der Waals surface area contributed by atoms with E-state index in [4.69, 9.17) is 4.98 Å². The van der Waals surface area contributed by atoms with Gasteiger partial charge in [0.25, 0.3) is 0 Å². The van der Waals surface area contributed by atoms with Crippen LogP contribution in [0.15, 0.2) is 30.3 Å². The standard InChI is InChI=1S/C17H26N4/c1-5-18-13-15-12-14-8-6-7-9-16(14)19-17(15)21(4)11-10-20(2)3/h6-9,12,18H,5,10-11,13H2,1-4H3. The predicted molar refractivity (Wildman–Crippen MR) is 90.9 cm³/mol. The molecule has 0 spiro atoms. The maximum atomic E-state index is 4.87. The first kappa shape index (κ1) is 15.7. The van der Waals surface area contributed by atoms with Crippen LogP contribution in [0, 0.1) is 0 Å². The van der Waals surface area contributed by atoms with Crippen molar-refractivity contribution in [3.8, 4) is 0 Å². The highest BCUT2D eigenvalue weighted by Crippen LogP contribution is 2.22. The number of hydrogen-bond donors (Lipinski definition) is 1. The summed E-state index contributed by atoms with van der Waals surface area (Å²) in [5, 5.41) is 4.62. The highest BCUT2D eigenvalue weighted by atomic mass is 15.2. The molecule has 0 saturated carbocycles. The molecule has 0 amide bonds. The SMILES string of the molecule is CCNCc1cc2ccccc2nc1N(C)CCN(C)C. The zero-order valence-electron chi connectivity index (χ0n) is 13.6. The summed E-state index contributed by atoms with van der Waals surface area (Å²) in [5.74, 6) is 1.08. The predicted octanol–water partition coefficient (Wildman–Crippen LogP) is 2.34. The fourth-order valence-corrected chi connectivity index (χ4v) is 2.33. The molecule has 4 nitrogen and oxygen atoms in total. The highest BCUT2D eigenvalue weighted by Gasteiger charge is 2.11. The summed E-state index contributed by atoms with van der Waals surface area (Å²) in [6.07, 6.45) is 0. The Hall–Kier alpha value is -1.65. The second-order valence-corrected chi connectivity index (χ2v) is 5.67. The lowest BCUT2D eigenvalue weighted by Crippen LogP contribution is -2.30. The van der Waals surface area contributed by atoms with Crippen molar-refractivity contribution >= 4 is 16.7 Å². The van der Waals surface area contributed by atoms with Gasteiger partial charge in [-0.3, -0.25) is 0 Å². The third-order valence-corrected chi connectivity index (χ3v) is 3.59. The quantitative estimate of drug-likeness (QED) is 0.846. The number of rotatable bonds is 7. The van der Waals surface area contributed by atoms with Crippen molar-refractivity contribution in [1.82, 2.24) is 15.2 Å². The number of anilines is 1. The van der Waals surface area contributed by atoms with Gasteiger partial charge in [0.2, 0.25) is 0 Å². The van der Waals surface area contributed by atoms with Crippen LogP contribution in [0.4, 0.5) is 5.82 Å². The molecule has 114 valence electrons. The first-order valence-electron chi connectivity index (χ1n) is 7.57. The number of pyridine rings is 1. The van der Waals surface area contributed by atoms with Crippen LogP contribution >= 0.6 is 0 Å². The lowest BCUT2D eigenvalue weighted by atomic mass is 10.1. The van der Waals surface area contributed by atoms with Gasteiger partial charge in [-0.25, -0.2) is 4.98 Å². The van der Waals surface area contributed by atoms with E-state index in [0.29, 0.717) is 0 Å². The lowest BCUT2D eigenvalue weighted by molar-refractivity contribution is 0.416. The second kappa shape index (κ2) is 7.38. The van der Waals surface area contributed by atoms with Gasteiger partial charge in [-0.15, -0.1) is 0 Å². The fraction of sp³-hybridized carbons (Fsp3) is 0.471. The molecule has 2 rings (SSSR count). The number of aromatic nitrogens is 1. The first-order valence-corrected chi connectivity index (χ1v) is 7.57. The molecule has 0 aliphatic heterocycles. The zero-order chi connectivity index (χ0) is 15.2. The molecule has 0 unspecified atom stereocenters. The lowest BCUT2D eigenvalue weighted by Gasteiger charge is -2.23. The minimum atomic E-state index is 0.857. The van der Waals surface area contributed by atoms with Crippen LogP contribution in [0.3, 0.4) is 0 Å². The molecule has 2 aromatic rings. The van der Waals surface area contributed by atoms with Gasteiger partial charge in [-0.05, 0) is 32.8 Å². The average Bonchev–Trinajstić information content (AvgIpc) is 2.49. The van der Waals surface area contributed by atoms with Crippen LogP contribution in [0.2, 0.25) is 0 Å². The van der Waals surface area contributed by atoms with E-state index in [1.54, 1.807) is 0 Å². The minimum Gasteiger partial charge on any atom is -0.358 e.